The van der Waals surface area contributed by atoms with Gasteiger partial charge in [-0.1, -0.05) is 154 Å². The molecule has 4 aromatic carbocycles. The molecule has 6 aromatic rings. The van der Waals surface area contributed by atoms with Crippen molar-refractivity contribution in [2.24, 2.45) is 0 Å². The number of hydrogen-bond donors (Lipinski definition) is 0. The van der Waals surface area contributed by atoms with Gasteiger partial charge in [0.05, 0.1) is 11.4 Å². The third-order valence-electron chi connectivity index (χ3n) is 6.62. The van der Waals surface area contributed by atoms with Crippen molar-refractivity contribution in [1.82, 2.24) is 9.97 Å². The predicted molar refractivity (Wildman–Crippen MR) is 163 cm³/mol. The van der Waals surface area contributed by atoms with E-state index in [1.54, 1.807) is 0 Å². The molecule has 0 fully saturated rings. The van der Waals surface area contributed by atoms with Gasteiger partial charge in [0, 0.05) is 12.4 Å². The molecule has 0 aliphatic carbocycles. The molecule has 2 radical (unpaired) electrons. The summed E-state index contributed by atoms with van der Waals surface area (Å²) >= 11 is 0. The Morgan fingerprint density at radius 2 is 0.579 bits per heavy atom. The molecule has 0 amide bonds. The highest BCUT2D eigenvalue weighted by atomic mass is 28.3. The Kier molecular flexibility index (Phi) is 7.16. The zero-order valence-corrected chi connectivity index (χ0v) is 22.9. The Labute approximate surface area is 227 Å². The van der Waals surface area contributed by atoms with Crippen molar-refractivity contribution in [3.05, 3.63) is 158 Å². The average Bonchev–Trinajstić information content (AvgIpc) is 3.00. The lowest BCUT2D eigenvalue weighted by Gasteiger charge is -2.17. The topological polar surface area (TPSA) is 25.8 Å². The van der Waals surface area contributed by atoms with Gasteiger partial charge in [-0.15, -0.1) is 0 Å². The van der Waals surface area contributed by atoms with Crippen molar-refractivity contribution in [3.8, 4) is 11.4 Å². The minimum absolute atomic E-state index is 0.899. The Morgan fingerprint density at radius 3 is 0.816 bits per heavy atom. The molecule has 0 aliphatic heterocycles. The number of aromatic nitrogens is 2. The van der Waals surface area contributed by atoms with E-state index in [4.69, 9.17) is 9.97 Å². The molecule has 0 bridgehead atoms. The zero-order chi connectivity index (χ0) is 25.6. The van der Waals surface area contributed by atoms with Crippen LogP contribution in [0, 0.1) is 0 Å². The molecule has 0 unspecified atom stereocenters. The van der Waals surface area contributed by atoms with Gasteiger partial charge >= 0.3 is 0 Å². The standard InChI is InChI=1S/C34H26N2Si2/c1-5-13-27(14-6-1)37(28-15-7-2-8-16-28)31-21-23-33(35-25-31)34-24-22-32(26-36-34)38(29-17-9-3-10-18-29)30-19-11-4-12-20-30/h1-26H. The van der Waals surface area contributed by atoms with E-state index in [9.17, 15) is 0 Å². The first-order valence-electron chi connectivity index (χ1n) is 12.8. The molecular weight excluding hydrogens is 493 g/mol. The lowest BCUT2D eigenvalue weighted by Crippen LogP contribution is -2.52. The maximum atomic E-state index is 4.88. The predicted octanol–water partition coefficient (Wildman–Crippen LogP) is 3.18. The van der Waals surface area contributed by atoms with Crippen LogP contribution in [0.4, 0.5) is 0 Å². The van der Waals surface area contributed by atoms with Gasteiger partial charge in [-0.05, 0) is 22.5 Å². The summed E-state index contributed by atoms with van der Waals surface area (Å²) in [6.45, 7) is 0. The molecular formula is C34H26N2Si2. The summed E-state index contributed by atoms with van der Waals surface area (Å²) in [6, 6.07) is 51.8. The summed E-state index contributed by atoms with van der Waals surface area (Å²) in [4.78, 5) is 9.77. The highest BCUT2D eigenvalue weighted by Gasteiger charge is 2.21. The van der Waals surface area contributed by atoms with Crippen molar-refractivity contribution in [3.63, 3.8) is 0 Å². The van der Waals surface area contributed by atoms with Gasteiger partial charge < -0.3 is 0 Å². The minimum atomic E-state index is -1.13. The molecule has 0 N–H and O–H groups in total. The van der Waals surface area contributed by atoms with Crippen LogP contribution >= 0.6 is 0 Å². The fourth-order valence-electron chi connectivity index (χ4n) is 4.81. The second kappa shape index (κ2) is 11.3. The fraction of sp³-hybridized carbons (Fsp3) is 0. The van der Waals surface area contributed by atoms with Crippen LogP contribution < -0.4 is 31.1 Å². The molecule has 0 atom stereocenters. The highest BCUT2D eigenvalue weighted by molar-refractivity contribution is 6.96. The minimum Gasteiger partial charge on any atom is -0.255 e. The summed E-state index contributed by atoms with van der Waals surface area (Å²) in [6.07, 6.45) is 4.09. The molecule has 2 nitrogen and oxygen atoms in total. The van der Waals surface area contributed by atoms with E-state index in [0.717, 1.165) is 11.4 Å². The number of hydrogen-bond acceptors (Lipinski definition) is 2. The molecule has 0 spiro atoms. The lowest BCUT2D eigenvalue weighted by molar-refractivity contribution is 1.26. The van der Waals surface area contributed by atoms with Gasteiger partial charge in [-0.2, -0.15) is 0 Å². The van der Waals surface area contributed by atoms with Crippen molar-refractivity contribution in [1.29, 1.82) is 0 Å². The SMILES string of the molecule is c1ccc([Si](c2ccccc2)c2ccc(-c3ccc([Si](c4ccccc4)c4ccccc4)cn3)nc2)cc1. The van der Waals surface area contributed by atoms with Gasteiger partial charge in [0.2, 0.25) is 0 Å². The lowest BCUT2D eigenvalue weighted by atomic mass is 10.2. The van der Waals surface area contributed by atoms with Gasteiger partial charge in [0.25, 0.3) is 0 Å². The number of pyridine rings is 2. The van der Waals surface area contributed by atoms with Crippen LogP contribution in [-0.2, 0) is 0 Å². The largest absolute Gasteiger partial charge is 0.255 e. The van der Waals surface area contributed by atoms with Gasteiger partial charge in [0.1, 0.15) is 0 Å². The maximum Gasteiger partial charge on any atom is 0.156 e. The van der Waals surface area contributed by atoms with E-state index in [1.807, 2.05) is 12.4 Å². The maximum absolute atomic E-state index is 4.88. The van der Waals surface area contributed by atoms with Gasteiger partial charge in [0.15, 0.2) is 17.6 Å². The molecule has 0 saturated heterocycles. The van der Waals surface area contributed by atoms with Gasteiger partial charge in [-0.25, -0.2) is 0 Å². The molecule has 2 heterocycles. The number of nitrogens with zero attached hydrogens (tertiary/aromatic N) is 2. The molecule has 0 aliphatic rings. The van der Waals surface area contributed by atoms with Crippen LogP contribution in [0.25, 0.3) is 11.4 Å². The van der Waals surface area contributed by atoms with E-state index >= 15 is 0 Å². The summed E-state index contributed by atoms with van der Waals surface area (Å²) in [5.74, 6) is 0. The number of benzene rings is 4. The van der Waals surface area contributed by atoms with Crippen molar-refractivity contribution in [2.45, 2.75) is 0 Å². The van der Waals surface area contributed by atoms with E-state index in [0.29, 0.717) is 0 Å². The van der Waals surface area contributed by atoms with Crippen LogP contribution in [0.2, 0.25) is 0 Å². The normalized spacial score (nSPS) is 11.1. The molecule has 4 heteroatoms. The van der Waals surface area contributed by atoms with Crippen LogP contribution in [0.1, 0.15) is 0 Å². The molecule has 2 aromatic heterocycles. The first-order chi connectivity index (χ1) is 18.9. The number of rotatable bonds is 7. The van der Waals surface area contributed by atoms with Crippen LogP contribution in [0.15, 0.2) is 158 Å². The van der Waals surface area contributed by atoms with Crippen LogP contribution in [0.3, 0.4) is 0 Å². The second-order valence-electron chi connectivity index (χ2n) is 9.08. The van der Waals surface area contributed by atoms with Crippen molar-refractivity contribution >= 4 is 48.7 Å². The summed E-state index contributed by atoms with van der Waals surface area (Å²) in [7, 11) is -2.27. The van der Waals surface area contributed by atoms with Crippen LogP contribution in [0.5, 0.6) is 0 Å². The Morgan fingerprint density at radius 1 is 0.289 bits per heavy atom. The molecule has 180 valence electrons. The molecule has 6 rings (SSSR count). The van der Waals surface area contributed by atoms with Gasteiger partial charge in [-0.3, -0.25) is 9.97 Å². The summed E-state index contributed by atoms with van der Waals surface area (Å²) in [5.41, 5.74) is 1.80. The van der Waals surface area contributed by atoms with E-state index in [2.05, 4.69) is 146 Å². The molecule has 0 saturated carbocycles. The highest BCUT2D eigenvalue weighted by Crippen LogP contribution is 2.11. The third-order valence-corrected chi connectivity index (χ3v) is 12.0. The zero-order valence-electron chi connectivity index (χ0n) is 20.9. The van der Waals surface area contributed by atoms with E-state index in [-0.39, 0.29) is 0 Å². The first kappa shape index (κ1) is 24.0. The second-order valence-corrected chi connectivity index (χ2v) is 14.0. The average molecular weight is 519 g/mol. The van der Waals surface area contributed by atoms with E-state index in [1.165, 1.54) is 31.1 Å². The Hall–Kier alpha value is -4.39. The fourth-order valence-corrected chi connectivity index (χ4v) is 9.80. The Bertz CT molecular complexity index is 1370. The summed E-state index contributed by atoms with van der Waals surface area (Å²) in [5, 5.41) is 7.97. The van der Waals surface area contributed by atoms with E-state index < -0.39 is 17.6 Å². The van der Waals surface area contributed by atoms with Crippen molar-refractivity contribution < 1.29 is 0 Å². The first-order valence-corrected chi connectivity index (χ1v) is 15.8. The van der Waals surface area contributed by atoms with Crippen LogP contribution in [-0.4, -0.2) is 27.6 Å². The Balaban J connectivity index is 1.31. The monoisotopic (exact) mass is 518 g/mol. The summed E-state index contributed by atoms with van der Waals surface area (Å²) < 4.78 is 0. The van der Waals surface area contributed by atoms with Crippen molar-refractivity contribution in [2.75, 3.05) is 0 Å². The quantitative estimate of drug-likeness (QED) is 0.304. The third kappa shape index (κ3) is 5.18. The smallest absolute Gasteiger partial charge is 0.156 e. The molecule has 38 heavy (non-hydrogen) atoms.